The van der Waals surface area contributed by atoms with Crippen LogP contribution in [-0.4, -0.2) is 56.2 Å². The van der Waals surface area contributed by atoms with E-state index in [-0.39, 0.29) is 0 Å². The number of nitrogens with zero attached hydrogens (tertiary/aromatic N) is 3. The van der Waals surface area contributed by atoms with Gasteiger partial charge in [-0.2, -0.15) is 0 Å². The number of benzene rings is 1. The van der Waals surface area contributed by atoms with Gasteiger partial charge >= 0.3 is 0 Å². The van der Waals surface area contributed by atoms with Gasteiger partial charge in [-0.15, -0.1) is 0 Å². The largest absolute Gasteiger partial charge is 0.369 e. The van der Waals surface area contributed by atoms with Crippen LogP contribution in [0, 0.1) is 5.92 Å². The summed E-state index contributed by atoms with van der Waals surface area (Å²) in [4.78, 5) is 11.2. The molecule has 0 amide bonds. The molecule has 0 atom stereocenters. The first-order valence-electron chi connectivity index (χ1n) is 8.31. The van der Waals surface area contributed by atoms with Crippen molar-refractivity contribution in [1.29, 1.82) is 0 Å². The van der Waals surface area contributed by atoms with Gasteiger partial charge in [0, 0.05) is 18.2 Å². The molecule has 0 spiro atoms. The molecule has 2 heterocycles. The van der Waals surface area contributed by atoms with Crippen LogP contribution in [0.2, 0.25) is 0 Å². The van der Waals surface area contributed by atoms with E-state index >= 15 is 0 Å². The molecule has 0 aliphatic carbocycles. The highest BCUT2D eigenvalue weighted by atomic mass is 32.2. The molecule has 1 aromatic carbocycles. The van der Waals surface area contributed by atoms with Gasteiger partial charge in [-0.25, -0.2) is 18.4 Å². The number of hydrogen-bond acceptors (Lipinski definition) is 6. The first-order chi connectivity index (χ1) is 11.4. The lowest BCUT2D eigenvalue weighted by Crippen LogP contribution is -2.30. The van der Waals surface area contributed by atoms with Crippen molar-refractivity contribution in [2.75, 3.05) is 38.3 Å². The van der Waals surface area contributed by atoms with E-state index in [4.69, 9.17) is 0 Å². The molecular formula is C17H24N4O2S. The summed E-state index contributed by atoms with van der Waals surface area (Å²) in [5.74, 6) is 1.45. The molecule has 7 heteroatoms. The molecule has 3 rings (SSSR count). The maximum Gasteiger partial charge on any atom is 0.175 e. The predicted molar refractivity (Wildman–Crippen MR) is 96.0 cm³/mol. The van der Waals surface area contributed by atoms with E-state index in [1.165, 1.54) is 38.5 Å². The summed E-state index contributed by atoms with van der Waals surface area (Å²) in [5, 5.41) is 4.12. The second-order valence-corrected chi connectivity index (χ2v) is 8.65. The monoisotopic (exact) mass is 348 g/mol. The topological polar surface area (TPSA) is 75.2 Å². The fourth-order valence-electron chi connectivity index (χ4n) is 3.15. The SMILES string of the molecule is CN1CCC(CCNc2ncnc3ccc(S(C)(=O)=O)cc23)CC1. The van der Waals surface area contributed by atoms with E-state index in [1.807, 2.05) is 0 Å². The number of fused-ring (bicyclic) bond motifs is 1. The smallest absolute Gasteiger partial charge is 0.175 e. The van der Waals surface area contributed by atoms with Crippen LogP contribution < -0.4 is 5.32 Å². The molecule has 0 unspecified atom stereocenters. The normalized spacial score (nSPS) is 17.2. The van der Waals surface area contributed by atoms with Crippen molar-refractivity contribution in [2.45, 2.75) is 24.2 Å². The van der Waals surface area contributed by atoms with Crippen LogP contribution in [0.3, 0.4) is 0 Å². The third kappa shape index (κ3) is 4.02. The molecule has 1 aliphatic rings. The Morgan fingerprint density at radius 1 is 1.25 bits per heavy atom. The van der Waals surface area contributed by atoms with Gasteiger partial charge in [0.25, 0.3) is 0 Å². The van der Waals surface area contributed by atoms with E-state index in [1.54, 1.807) is 18.2 Å². The molecule has 1 fully saturated rings. The van der Waals surface area contributed by atoms with Crippen LogP contribution in [0.25, 0.3) is 10.9 Å². The predicted octanol–water partition coefficient (Wildman–Crippen LogP) is 2.18. The molecule has 24 heavy (non-hydrogen) atoms. The number of rotatable bonds is 5. The molecule has 1 aromatic heterocycles. The van der Waals surface area contributed by atoms with Crippen LogP contribution in [0.5, 0.6) is 0 Å². The Balaban J connectivity index is 1.72. The van der Waals surface area contributed by atoms with Crippen molar-refractivity contribution in [1.82, 2.24) is 14.9 Å². The second kappa shape index (κ2) is 7.03. The lowest BCUT2D eigenvalue weighted by Gasteiger charge is -2.28. The van der Waals surface area contributed by atoms with Gasteiger partial charge in [-0.1, -0.05) is 0 Å². The molecule has 6 nitrogen and oxygen atoms in total. The molecule has 2 aromatic rings. The highest BCUT2D eigenvalue weighted by molar-refractivity contribution is 7.90. The molecule has 1 aliphatic heterocycles. The molecule has 1 N–H and O–H groups in total. The number of piperidine rings is 1. The number of sulfone groups is 1. The molecule has 0 saturated carbocycles. The van der Waals surface area contributed by atoms with Gasteiger partial charge in [0.05, 0.1) is 10.4 Å². The van der Waals surface area contributed by atoms with Crippen molar-refractivity contribution < 1.29 is 8.42 Å². The summed E-state index contributed by atoms with van der Waals surface area (Å²) >= 11 is 0. The average molecular weight is 348 g/mol. The van der Waals surface area contributed by atoms with E-state index in [9.17, 15) is 8.42 Å². The number of nitrogens with one attached hydrogen (secondary N) is 1. The third-order valence-electron chi connectivity index (χ3n) is 4.72. The average Bonchev–Trinajstić information content (AvgIpc) is 2.55. The zero-order valence-electron chi connectivity index (χ0n) is 14.2. The van der Waals surface area contributed by atoms with Gasteiger partial charge in [-0.3, -0.25) is 0 Å². The summed E-state index contributed by atoms with van der Waals surface area (Å²) in [5.41, 5.74) is 0.749. The minimum atomic E-state index is -3.24. The molecule has 130 valence electrons. The van der Waals surface area contributed by atoms with E-state index in [0.29, 0.717) is 10.7 Å². The van der Waals surface area contributed by atoms with Crippen LogP contribution in [0.4, 0.5) is 5.82 Å². The van der Waals surface area contributed by atoms with Crippen molar-refractivity contribution in [3.8, 4) is 0 Å². The number of anilines is 1. The Labute approximate surface area is 143 Å². The van der Waals surface area contributed by atoms with Crippen LogP contribution in [0.1, 0.15) is 19.3 Å². The fourth-order valence-corrected chi connectivity index (χ4v) is 3.80. The Kier molecular flexibility index (Phi) is 5.01. The standard InChI is InChI=1S/C17H24N4O2S/c1-21-9-6-13(7-10-21)5-8-18-17-15-11-14(24(2,22)23)3-4-16(15)19-12-20-17/h3-4,11-13H,5-10H2,1-2H3,(H,18,19,20). The quantitative estimate of drug-likeness (QED) is 0.893. The lowest BCUT2D eigenvalue weighted by atomic mass is 9.94. The summed E-state index contributed by atoms with van der Waals surface area (Å²) in [6.07, 6.45) is 6.30. The zero-order chi connectivity index (χ0) is 17.2. The molecule has 0 radical (unpaired) electrons. The van der Waals surface area contributed by atoms with Crippen LogP contribution in [-0.2, 0) is 9.84 Å². The first-order valence-corrected chi connectivity index (χ1v) is 10.2. The maximum absolute atomic E-state index is 11.8. The van der Waals surface area contributed by atoms with Gasteiger partial charge in [0.2, 0.25) is 0 Å². The number of hydrogen-bond donors (Lipinski definition) is 1. The summed E-state index contributed by atoms with van der Waals surface area (Å²) in [6.45, 7) is 3.17. The third-order valence-corrected chi connectivity index (χ3v) is 5.83. The zero-order valence-corrected chi connectivity index (χ0v) is 15.0. The Bertz CT molecular complexity index is 814. The van der Waals surface area contributed by atoms with Crippen molar-refractivity contribution in [2.24, 2.45) is 5.92 Å². The fraction of sp³-hybridized carbons (Fsp3) is 0.529. The van der Waals surface area contributed by atoms with Gasteiger partial charge in [-0.05, 0) is 63.5 Å². The Morgan fingerprint density at radius 3 is 2.71 bits per heavy atom. The summed E-state index contributed by atoms with van der Waals surface area (Å²) in [6, 6.07) is 4.98. The summed E-state index contributed by atoms with van der Waals surface area (Å²) in [7, 11) is -1.07. The van der Waals surface area contributed by atoms with Crippen LogP contribution in [0.15, 0.2) is 29.4 Å². The van der Waals surface area contributed by atoms with Gasteiger partial charge < -0.3 is 10.2 Å². The van der Waals surface area contributed by atoms with Crippen molar-refractivity contribution in [3.05, 3.63) is 24.5 Å². The Hall–Kier alpha value is -1.73. The van der Waals surface area contributed by atoms with Crippen molar-refractivity contribution >= 4 is 26.6 Å². The molecule has 1 saturated heterocycles. The van der Waals surface area contributed by atoms with Crippen molar-refractivity contribution in [3.63, 3.8) is 0 Å². The summed E-state index contributed by atoms with van der Waals surface area (Å²) < 4.78 is 23.5. The molecule has 0 bridgehead atoms. The van der Waals surface area contributed by atoms with Crippen LogP contribution >= 0.6 is 0 Å². The van der Waals surface area contributed by atoms with E-state index < -0.39 is 9.84 Å². The highest BCUT2D eigenvalue weighted by Crippen LogP contribution is 2.24. The maximum atomic E-state index is 11.8. The van der Waals surface area contributed by atoms with E-state index in [0.717, 1.165) is 29.8 Å². The molecular weight excluding hydrogens is 324 g/mol. The highest BCUT2D eigenvalue weighted by Gasteiger charge is 2.16. The van der Waals surface area contributed by atoms with E-state index in [2.05, 4.69) is 27.2 Å². The second-order valence-electron chi connectivity index (χ2n) is 6.64. The minimum Gasteiger partial charge on any atom is -0.369 e. The lowest BCUT2D eigenvalue weighted by molar-refractivity contribution is 0.215. The van der Waals surface area contributed by atoms with Gasteiger partial charge in [0.15, 0.2) is 9.84 Å². The Morgan fingerprint density at radius 2 is 2.00 bits per heavy atom. The number of likely N-dealkylation sites (tertiary alicyclic amines) is 1. The number of aromatic nitrogens is 2. The van der Waals surface area contributed by atoms with Gasteiger partial charge in [0.1, 0.15) is 12.1 Å². The minimum absolute atomic E-state index is 0.295. The first kappa shape index (κ1) is 17.1.